The molecule has 2 N–H and O–H groups in total. The SMILES string of the molecule is COc1cccc(OC)c1C(N)c1ccc(Cl)c(Cl)c1. The minimum atomic E-state index is -0.420. The van der Waals surface area contributed by atoms with Crippen LogP contribution in [-0.4, -0.2) is 14.2 Å². The predicted octanol–water partition coefficient (Wildman–Crippen LogP) is 4.06. The molecule has 0 aliphatic carbocycles. The lowest BCUT2D eigenvalue weighted by molar-refractivity contribution is 0.382. The molecule has 0 aliphatic rings. The standard InChI is InChI=1S/C15H15Cl2NO2/c1-19-12-4-3-5-13(20-2)14(12)15(18)9-6-7-10(16)11(17)8-9/h3-8,15H,18H2,1-2H3. The van der Waals surface area contributed by atoms with E-state index in [1.54, 1.807) is 26.4 Å². The molecule has 0 heterocycles. The van der Waals surface area contributed by atoms with Crippen LogP contribution in [0, 0.1) is 0 Å². The van der Waals surface area contributed by atoms with Gasteiger partial charge in [0.05, 0.1) is 35.9 Å². The Balaban J connectivity index is 2.51. The van der Waals surface area contributed by atoms with Crippen molar-refractivity contribution in [1.82, 2.24) is 0 Å². The van der Waals surface area contributed by atoms with Gasteiger partial charge in [-0.05, 0) is 29.8 Å². The third-order valence-electron chi connectivity index (χ3n) is 3.08. The summed E-state index contributed by atoms with van der Waals surface area (Å²) in [5.74, 6) is 1.34. The molecule has 5 heteroatoms. The molecule has 20 heavy (non-hydrogen) atoms. The topological polar surface area (TPSA) is 44.5 Å². The van der Waals surface area contributed by atoms with Gasteiger partial charge >= 0.3 is 0 Å². The van der Waals surface area contributed by atoms with Crippen molar-refractivity contribution >= 4 is 23.2 Å². The number of methoxy groups -OCH3 is 2. The fourth-order valence-corrected chi connectivity index (χ4v) is 2.37. The fraction of sp³-hybridized carbons (Fsp3) is 0.200. The van der Waals surface area contributed by atoms with Crippen LogP contribution in [0.2, 0.25) is 10.0 Å². The number of hydrogen-bond donors (Lipinski definition) is 1. The summed E-state index contributed by atoms with van der Waals surface area (Å²) in [5.41, 5.74) is 7.94. The van der Waals surface area contributed by atoms with E-state index in [2.05, 4.69) is 0 Å². The number of ether oxygens (including phenoxy) is 2. The summed E-state index contributed by atoms with van der Waals surface area (Å²) in [4.78, 5) is 0. The van der Waals surface area contributed by atoms with E-state index in [9.17, 15) is 0 Å². The summed E-state index contributed by atoms with van der Waals surface area (Å²) in [6.07, 6.45) is 0. The summed E-state index contributed by atoms with van der Waals surface area (Å²) in [6, 6.07) is 10.4. The molecule has 0 radical (unpaired) electrons. The second-order valence-corrected chi connectivity index (χ2v) is 5.04. The molecule has 0 spiro atoms. The highest BCUT2D eigenvalue weighted by Crippen LogP contribution is 2.37. The van der Waals surface area contributed by atoms with Gasteiger partial charge in [0.2, 0.25) is 0 Å². The Morgan fingerprint density at radius 1 is 0.950 bits per heavy atom. The lowest BCUT2D eigenvalue weighted by Gasteiger charge is -2.19. The largest absolute Gasteiger partial charge is 0.496 e. The summed E-state index contributed by atoms with van der Waals surface area (Å²) in [6.45, 7) is 0. The van der Waals surface area contributed by atoms with E-state index in [0.29, 0.717) is 21.5 Å². The van der Waals surface area contributed by atoms with Crippen molar-refractivity contribution in [2.24, 2.45) is 5.73 Å². The van der Waals surface area contributed by atoms with E-state index >= 15 is 0 Å². The zero-order chi connectivity index (χ0) is 14.7. The maximum Gasteiger partial charge on any atom is 0.127 e. The van der Waals surface area contributed by atoms with E-state index in [-0.39, 0.29) is 0 Å². The molecule has 1 unspecified atom stereocenters. The summed E-state index contributed by atoms with van der Waals surface area (Å²) >= 11 is 12.0. The third kappa shape index (κ3) is 2.85. The van der Waals surface area contributed by atoms with Crippen molar-refractivity contribution in [3.63, 3.8) is 0 Å². The van der Waals surface area contributed by atoms with Gasteiger partial charge < -0.3 is 15.2 Å². The molecule has 106 valence electrons. The first-order valence-corrected chi connectivity index (χ1v) is 6.75. The number of hydrogen-bond acceptors (Lipinski definition) is 3. The van der Waals surface area contributed by atoms with Crippen molar-refractivity contribution in [3.8, 4) is 11.5 Å². The molecular weight excluding hydrogens is 297 g/mol. The highest BCUT2D eigenvalue weighted by atomic mass is 35.5. The fourth-order valence-electron chi connectivity index (χ4n) is 2.06. The zero-order valence-electron chi connectivity index (χ0n) is 11.2. The monoisotopic (exact) mass is 311 g/mol. The molecule has 0 fully saturated rings. The van der Waals surface area contributed by atoms with Gasteiger partial charge in [0.15, 0.2) is 0 Å². The average molecular weight is 312 g/mol. The van der Waals surface area contributed by atoms with E-state index in [0.717, 1.165) is 11.1 Å². The first-order valence-electron chi connectivity index (χ1n) is 6.00. The van der Waals surface area contributed by atoms with Crippen LogP contribution in [0.1, 0.15) is 17.2 Å². The van der Waals surface area contributed by atoms with Crippen LogP contribution in [0.15, 0.2) is 36.4 Å². The summed E-state index contributed by atoms with van der Waals surface area (Å²) < 4.78 is 10.7. The molecule has 2 aromatic rings. The summed E-state index contributed by atoms with van der Waals surface area (Å²) in [7, 11) is 3.19. The van der Waals surface area contributed by atoms with Gasteiger partial charge in [0.25, 0.3) is 0 Å². The van der Waals surface area contributed by atoms with E-state index < -0.39 is 6.04 Å². The number of nitrogens with two attached hydrogens (primary N) is 1. The van der Waals surface area contributed by atoms with Crippen LogP contribution in [-0.2, 0) is 0 Å². The maximum atomic E-state index is 6.33. The zero-order valence-corrected chi connectivity index (χ0v) is 12.7. The van der Waals surface area contributed by atoms with Crippen LogP contribution in [0.25, 0.3) is 0 Å². The molecule has 0 aliphatic heterocycles. The van der Waals surface area contributed by atoms with Crippen molar-refractivity contribution in [2.75, 3.05) is 14.2 Å². The third-order valence-corrected chi connectivity index (χ3v) is 3.82. The van der Waals surface area contributed by atoms with Crippen LogP contribution in [0.5, 0.6) is 11.5 Å². The minimum Gasteiger partial charge on any atom is -0.496 e. The highest BCUT2D eigenvalue weighted by Gasteiger charge is 2.19. The van der Waals surface area contributed by atoms with Crippen LogP contribution in [0.3, 0.4) is 0 Å². The molecule has 0 saturated heterocycles. The van der Waals surface area contributed by atoms with Crippen molar-refractivity contribution in [2.45, 2.75) is 6.04 Å². The van der Waals surface area contributed by atoms with Crippen molar-refractivity contribution < 1.29 is 9.47 Å². The molecule has 2 rings (SSSR count). The Kier molecular flexibility index (Phi) is 4.76. The average Bonchev–Trinajstić information content (AvgIpc) is 2.48. The lowest BCUT2D eigenvalue weighted by Crippen LogP contribution is -2.14. The number of halogens is 2. The first-order chi connectivity index (χ1) is 9.58. The molecule has 0 saturated carbocycles. The molecule has 2 aromatic carbocycles. The van der Waals surface area contributed by atoms with Gasteiger partial charge in [-0.15, -0.1) is 0 Å². The summed E-state index contributed by atoms with van der Waals surface area (Å²) in [5, 5.41) is 0.961. The van der Waals surface area contributed by atoms with Gasteiger partial charge in [-0.3, -0.25) is 0 Å². The maximum absolute atomic E-state index is 6.33. The van der Waals surface area contributed by atoms with Gasteiger partial charge in [0, 0.05) is 0 Å². The smallest absolute Gasteiger partial charge is 0.127 e. The van der Waals surface area contributed by atoms with Gasteiger partial charge in [-0.2, -0.15) is 0 Å². The molecular formula is C15H15Cl2NO2. The van der Waals surface area contributed by atoms with E-state index in [1.165, 1.54) is 0 Å². The van der Waals surface area contributed by atoms with Crippen LogP contribution < -0.4 is 15.2 Å². The Bertz CT molecular complexity index is 595. The molecule has 0 amide bonds. The predicted molar refractivity (Wildman–Crippen MR) is 82.0 cm³/mol. The number of benzene rings is 2. The molecule has 0 aromatic heterocycles. The Morgan fingerprint density at radius 3 is 2.05 bits per heavy atom. The van der Waals surface area contributed by atoms with Gasteiger partial charge in [0.1, 0.15) is 11.5 Å². The Labute approximate surface area is 128 Å². The normalized spacial score (nSPS) is 12.1. The Morgan fingerprint density at radius 2 is 1.55 bits per heavy atom. The van der Waals surface area contributed by atoms with E-state index in [1.807, 2.05) is 24.3 Å². The van der Waals surface area contributed by atoms with Crippen LogP contribution >= 0.6 is 23.2 Å². The second kappa shape index (κ2) is 6.35. The second-order valence-electron chi connectivity index (χ2n) is 4.23. The minimum absolute atomic E-state index is 0.420. The van der Waals surface area contributed by atoms with E-state index in [4.69, 9.17) is 38.4 Å². The molecule has 1 atom stereocenters. The lowest BCUT2D eigenvalue weighted by atomic mass is 9.98. The van der Waals surface area contributed by atoms with Crippen LogP contribution in [0.4, 0.5) is 0 Å². The highest BCUT2D eigenvalue weighted by molar-refractivity contribution is 6.42. The molecule has 3 nitrogen and oxygen atoms in total. The quantitative estimate of drug-likeness (QED) is 0.926. The van der Waals surface area contributed by atoms with Crippen molar-refractivity contribution in [3.05, 3.63) is 57.6 Å². The van der Waals surface area contributed by atoms with Gasteiger partial charge in [-0.25, -0.2) is 0 Å². The molecule has 0 bridgehead atoms. The van der Waals surface area contributed by atoms with Gasteiger partial charge in [-0.1, -0.05) is 35.3 Å². The van der Waals surface area contributed by atoms with Crippen molar-refractivity contribution in [1.29, 1.82) is 0 Å². The number of rotatable bonds is 4. The first kappa shape index (κ1) is 15.0. The Hall–Kier alpha value is -1.42.